The van der Waals surface area contributed by atoms with Gasteiger partial charge in [-0.05, 0) is 42.0 Å². The fraction of sp³-hybridized carbons (Fsp3) is 0.190. The van der Waals surface area contributed by atoms with Gasteiger partial charge >= 0.3 is 0 Å². The summed E-state index contributed by atoms with van der Waals surface area (Å²) in [6.45, 7) is 0. The predicted molar refractivity (Wildman–Crippen MR) is 102 cm³/mol. The molecule has 0 spiro atoms. The van der Waals surface area contributed by atoms with Crippen LogP contribution in [0, 0.1) is 0 Å². The molecule has 134 valence electrons. The van der Waals surface area contributed by atoms with Crippen molar-refractivity contribution in [3.8, 4) is 11.5 Å². The largest absolute Gasteiger partial charge is 0.497 e. The Morgan fingerprint density at radius 3 is 2.50 bits per heavy atom. The zero-order chi connectivity index (χ0) is 18.4. The van der Waals surface area contributed by atoms with Gasteiger partial charge in [-0.15, -0.1) is 0 Å². The number of hydrogen-bond donors (Lipinski definition) is 1. The molecule has 5 nitrogen and oxygen atoms in total. The summed E-state index contributed by atoms with van der Waals surface area (Å²) in [6, 6.07) is 18.9. The van der Waals surface area contributed by atoms with Gasteiger partial charge in [0.15, 0.2) is 0 Å². The van der Waals surface area contributed by atoms with E-state index in [0.717, 1.165) is 11.3 Å². The van der Waals surface area contributed by atoms with Crippen molar-refractivity contribution in [3.05, 3.63) is 78.6 Å². The van der Waals surface area contributed by atoms with E-state index in [1.54, 1.807) is 14.2 Å². The van der Waals surface area contributed by atoms with Gasteiger partial charge in [0, 0.05) is 12.4 Å². The zero-order valence-electron chi connectivity index (χ0n) is 14.9. The number of aromatic nitrogens is 1. The number of ether oxygens (including phenoxy) is 2. The molecular weight excluding hydrogens is 328 g/mol. The van der Waals surface area contributed by atoms with Crippen LogP contribution in [-0.2, 0) is 4.79 Å². The van der Waals surface area contributed by atoms with Crippen LogP contribution in [0.3, 0.4) is 0 Å². The van der Waals surface area contributed by atoms with Gasteiger partial charge in [-0.3, -0.25) is 4.79 Å². The SMILES string of the molecule is COc1cccc([C@H](CC(=O)Nc2ccccc2OC)n2cccc2)c1. The van der Waals surface area contributed by atoms with Crippen LogP contribution >= 0.6 is 0 Å². The van der Waals surface area contributed by atoms with Crippen LogP contribution in [0.1, 0.15) is 18.0 Å². The van der Waals surface area contributed by atoms with E-state index in [2.05, 4.69) is 5.32 Å². The van der Waals surface area contributed by atoms with Crippen molar-refractivity contribution in [1.82, 2.24) is 4.57 Å². The molecule has 26 heavy (non-hydrogen) atoms. The molecule has 0 aliphatic heterocycles. The molecule has 0 aliphatic rings. The molecule has 0 saturated carbocycles. The lowest BCUT2D eigenvalue weighted by Gasteiger charge is -2.20. The van der Waals surface area contributed by atoms with E-state index in [1.807, 2.05) is 77.6 Å². The van der Waals surface area contributed by atoms with Gasteiger partial charge in [-0.25, -0.2) is 0 Å². The maximum absolute atomic E-state index is 12.7. The molecule has 2 aromatic carbocycles. The van der Waals surface area contributed by atoms with Crippen LogP contribution in [0.25, 0.3) is 0 Å². The molecule has 1 amide bonds. The molecule has 1 N–H and O–H groups in total. The molecule has 1 heterocycles. The Morgan fingerprint density at radius 1 is 1.00 bits per heavy atom. The first-order valence-electron chi connectivity index (χ1n) is 8.40. The van der Waals surface area contributed by atoms with E-state index in [1.165, 1.54) is 0 Å². The zero-order valence-corrected chi connectivity index (χ0v) is 14.9. The second-order valence-electron chi connectivity index (χ2n) is 5.88. The molecule has 0 aliphatic carbocycles. The number of benzene rings is 2. The summed E-state index contributed by atoms with van der Waals surface area (Å²) in [5.74, 6) is 1.32. The molecule has 0 bridgehead atoms. The molecule has 1 atom stereocenters. The Morgan fingerprint density at radius 2 is 1.77 bits per heavy atom. The minimum absolute atomic E-state index is 0.0870. The monoisotopic (exact) mass is 350 g/mol. The van der Waals surface area contributed by atoms with Gasteiger partial charge in [0.25, 0.3) is 0 Å². The summed E-state index contributed by atoms with van der Waals surface area (Å²) in [5.41, 5.74) is 1.67. The van der Waals surface area contributed by atoms with E-state index in [4.69, 9.17) is 9.47 Å². The molecule has 0 radical (unpaired) electrons. The van der Waals surface area contributed by atoms with Crippen molar-refractivity contribution in [2.45, 2.75) is 12.5 Å². The smallest absolute Gasteiger partial charge is 0.226 e. The fourth-order valence-corrected chi connectivity index (χ4v) is 2.92. The average Bonchev–Trinajstić information content (AvgIpc) is 3.21. The Kier molecular flexibility index (Phi) is 5.59. The van der Waals surface area contributed by atoms with Crippen LogP contribution < -0.4 is 14.8 Å². The molecule has 5 heteroatoms. The molecule has 0 saturated heterocycles. The lowest BCUT2D eigenvalue weighted by atomic mass is 10.0. The number of carbonyl (C=O) groups is 1. The van der Waals surface area contributed by atoms with Crippen molar-refractivity contribution in [2.75, 3.05) is 19.5 Å². The van der Waals surface area contributed by atoms with Crippen LogP contribution in [0.15, 0.2) is 73.1 Å². The summed E-state index contributed by atoms with van der Waals surface area (Å²) in [6.07, 6.45) is 4.21. The Balaban J connectivity index is 1.83. The highest BCUT2D eigenvalue weighted by Gasteiger charge is 2.19. The maximum atomic E-state index is 12.7. The normalized spacial score (nSPS) is 11.6. The third-order valence-electron chi connectivity index (χ3n) is 4.23. The highest BCUT2D eigenvalue weighted by molar-refractivity contribution is 5.92. The molecular formula is C21H22N2O3. The second kappa shape index (κ2) is 8.25. The predicted octanol–water partition coefficient (Wildman–Crippen LogP) is 4.12. The topological polar surface area (TPSA) is 52.5 Å². The van der Waals surface area contributed by atoms with Gasteiger partial charge < -0.3 is 19.4 Å². The number of nitrogens with one attached hydrogen (secondary N) is 1. The minimum atomic E-state index is -0.130. The van der Waals surface area contributed by atoms with Crippen LogP contribution in [0.2, 0.25) is 0 Å². The first-order valence-corrected chi connectivity index (χ1v) is 8.40. The van der Waals surface area contributed by atoms with E-state index in [-0.39, 0.29) is 11.9 Å². The number of rotatable bonds is 7. The number of para-hydroxylation sites is 2. The number of methoxy groups -OCH3 is 2. The van der Waals surface area contributed by atoms with E-state index >= 15 is 0 Å². The van der Waals surface area contributed by atoms with Gasteiger partial charge in [-0.2, -0.15) is 0 Å². The molecule has 0 unspecified atom stereocenters. The quantitative estimate of drug-likeness (QED) is 0.697. The van der Waals surface area contributed by atoms with E-state index < -0.39 is 0 Å². The third kappa shape index (κ3) is 4.06. The molecule has 0 fully saturated rings. The van der Waals surface area contributed by atoms with Gasteiger partial charge in [0.05, 0.1) is 32.4 Å². The second-order valence-corrected chi connectivity index (χ2v) is 5.88. The Labute approximate surface area is 153 Å². The van der Waals surface area contributed by atoms with Crippen molar-refractivity contribution >= 4 is 11.6 Å². The van der Waals surface area contributed by atoms with Crippen LogP contribution in [0.4, 0.5) is 5.69 Å². The number of hydrogen-bond acceptors (Lipinski definition) is 3. The first-order chi connectivity index (χ1) is 12.7. The van der Waals surface area contributed by atoms with Gasteiger partial charge in [0.2, 0.25) is 5.91 Å². The summed E-state index contributed by atoms with van der Waals surface area (Å²) in [4.78, 5) is 12.7. The lowest BCUT2D eigenvalue weighted by molar-refractivity contribution is -0.116. The highest BCUT2D eigenvalue weighted by Crippen LogP contribution is 2.28. The lowest BCUT2D eigenvalue weighted by Crippen LogP contribution is -2.20. The van der Waals surface area contributed by atoms with Crippen LogP contribution in [-0.4, -0.2) is 24.7 Å². The number of anilines is 1. The summed E-state index contributed by atoms with van der Waals surface area (Å²) in [7, 11) is 3.22. The summed E-state index contributed by atoms with van der Waals surface area (Å²) >= 11 is 0. The van der Waals surface area contributed by atoms with Gasteiger partial charge in [0.1, 0.15) is 11.5 Å². The number of amides is 1. The summed E-state index contributed by atoms with van der Waals surface area (Å²) in [5, 5.41) is 2.94. The van der Waals surface area contributed by atoms with Crippen molar-refractivity contribution in [1.29, 1.82) is 0 Å². The summed E-state index contributed by atoms with van der Waals surface area (Å²) < 4.78 is 12.7. The number of nitrogens with zero attached hydrogens (tertiary/aromatic N) is 1. The van der Waals surface area contributed by atoms with Crippen molar-refractivity contribution in [3.63, 3.8) is 0 Å². The van der Waals surface area contributed by atoms with Crippen molar-refractivity contribution in [2.24, 2.45) is 0 Å². The average molecular weight is 350 g/mol. The van der Waals surface area contributed by atoms with Crippen molar-refractivity contribution < 1.29 is 14.3 Å². The van der Waals surface area contributed by atoms with Crippen LogP contribution in [0.5, 0.6) is 11.5 Å². The van der Waals surface area contributed by atoms with E-state index in [0.29, 0.717) is 17.9 Å². The Hall–Kier alpha value is -3.21. The first kappa shape index (κ1) is 17.6. The van der Waals surface area contributed by atoms with E-state index in [9.17, 15) is 4.79 Å². The maximum Gasteiger partial charge on any atom is 0.226 e. The highest BCUT2D eigenvalue weighted by atomic mass is 16.5. The van der Waals surface area contributed by atoms with Gasteiger partial charge in [-0.1, -0.05) is 24.3 Å². The standard InChI is InChI=1S/C21H22N2O3/c1-25-17-9-7-8-16(14-17)19(23-12-5-6-13-23)15-21(24)22-18-10-3-4-11-20(18)26-2/h3-14,19H,15H2,1-2H3,(H,22,24)/t19-/m0/s1. The third-order valence-corrected chi connectivity index (χ3v) is 4.23. The fourth-order valence-electron chi connectivity index (χ4n) is 2.92. The minimum Gasteiger partial charge on any atom is -0.497 e. The number of carbonyl (C=O) groups excluding carboxylic acids is 1. The Bertz CT molecular complexity index is 859. The molecule has 3 aromatic rings. The molecule has 3 rings (SSSR count). The molecule has 1 aromatic heterocycles.